The fraction of sp³-hybridized carbons (Fsp3) is 0.172. The Hall–Kier alpha value is -4.64. The average Bonchev–Trinajstić information content (AvgIpc) is 3.37. The van der Waals surface area contributed by atoms with Crippen LogP contribution in [0.1, 0.15) is 21.6 Å². The molecule has 40 heavy (non-hydrogen) atoms. The van der Waals surface area contributed by atoms with Gasteiger partial charge in [0.15, 0.2) is 17.3 Å². The summed E-state index contributed by atoms with van der Waals surface area (Å²) in [6.45, 7) is 2.93. The molecule has 1 amide bonds. The molecule has 0 unspecified atom stereocenters. The molecular formula is C29H24F2N4O4S. The van der Waals surface area contributed by atoms with Crippen LogP contribution in [0.2, 0.25) is 0 Å². The van der Waals surface area contributed by atoms with E-state index in [2.05, 4.69) is 15.3 Å². The number of carbonyl (C=O) groups is 1. The van der Waals surface area contributed by atoms with E-state index in [4.69, 9.17) is 9.47 Å². The number of nitrogens with one attached hydrogen (secondary N) is 1. The van der Waals surface area contributed by atoms with Gasteiger partial charge in [-0.05, 0) is 43.0 Å². The zero-order chi connectivity index (χ0) is 28.4. The summed E-state index contributed by atoms with van der Waals surface area (Å²) in [4.78, 5) is 35.8. The number of methoxy groups -OCH3 is 1. The number of benzene rings is 1. The number of thiophene rings is 1. The first-order chi connectivity index (χ1) is 19.3. The second kappa shape index (κ2) is 11.2. The van der Waals surface area contributed by atoms with Crippen LogP contribution in [0.25, 0.3) is 21.5 Å². The van der Waals surface area contributed by atoms with Gasteiger partial charge < -0.3 is 19.4 Å². The lowest BCUT2D eigenvalue weighted by Gasteiger charge is -2.15. The maximum atomic E-state index is 15.1. The highest BCUT2D eigenvalue weighted by Crippen LogP contribution is 2.32. The molecule has 0 bridgehead atoms. The molecule has 204 valence electrons. The number of amides is 1. The van der Waals surface area contributed by atoms with Crippen molar-refractivity contribution in [1.29, 1.82) is 0 Å². The van der Waals surface area contributed by atoms with Crippen molar-refractivity contribution in [3.8, 4) is 27.7 Å². The van der Waals surface area contributed by atoms with Gasteiger partial charge in [-0.15, -0.1) is 11.3 Å². The summed E-state index contributed by atoms with van der Waals surface area (Å²) < 4.78 is 40.8. The highest BCUT2D eigenvalue weighted by atomic mass is 32.1. The molecule has 1 aromatic carbocycles. The van der Waals surface area contributed by atoms with Crippen molar-refractivity contribution < 1.29 is 23.0 Å². The standard InChI is InChI=1S/C29H24F2N4O4S/c1-16-10-25(40-15-16)26-17(2)35(9-7-30)14-20(28(26)36)29(37)34-18-4-5-23(21(31)11-18)39-24-6-8-32-22-12-19(38-3)13-33-27(22)24/h4-6,8,10-15H,7,9H2,1-3H3,(H,34,37). The Morgan fingerprint density at radius 2 is 1.95 bits per heavy atom. The predicted octanol–water partition coefficient (Wildman–Crippen LogP) is 6.30. The molecule has 5 aromatic rings. The third-order valence-electron chi connectivity index (χ3n) is 6.26. The zero-order valence-corrected chi connectivity index (χ0v) is 22.6. The molecule has 0 radical (unpaired) electrons. The van der Waals surface area contributed by atoms with Crippen LogP contribution < -0.4 is 20.2 Å². The van der Waals surface area contributed by atoms with Gasteiger partial charge in [0.1, 0.15) is 23.5 Å². The highest BCUT2D eigenvalue weighted by molar-refractivity contribution is 7.13. The van der Waals surface area contributed by atoms with Crippen molar-refractivity contribution in [1.82, 2.24) is 14.5 Å². The summed E-state index contributed by atoms with van der Waals surface area (Å²) in [5, 5.41) is 4.47. The van der Waals surface area contributed by atoms with E-state index >= 15 is 4.39 Å². The molecule has 5 rings (SSSR count). The fourth-order valence-electron chi connectivity index (χ4n) is 4.25. The SMILES string of the molecule is COc1cnc2c(Oc3ccc(NC(=O)c4cn(CCF)c(C)c(-c5cc(C)cs5)c4=O)cc3F)ccnc2c1. The number of rotatable bonds is 8. The first-order valence-corrected chi connectivity index (χ1v) is 13.1. The Morgan fingerprint density at radius 1 is 1.12 bits per heavy atom. The number of carbonyl (C=O) groups excluding carboxylic acids is 1. The van der Waals surface area contributed by atoms with Crippen molar-refractivity contribution in [3.63, 3.8) is 0 Å². The number of fused-ring (bicyclic) bond motifs is 1. The van der Waals surface area contributed by atoms with Crippen molar-refractivity contribution >= 4 is 34.0 Å². The van der Waals surface area contributed by atoms with E-state index in [1.807, 2.05) is 18.4 Å². The number of hydrogen-bond donors (Lipinski definition) is 1. The summed E-state index contributed by atoms with van der Waals surface area (Å²) in [6, 6.07) is 8.99. The lowest BCUT2D eigenvalue weighted by atomic mass is 10.1. The largest absolute Gasteiger partial charge is 0.495 e. The first-order valence-electron chi connectivity index (χ1n) is 12.2. The van der Waals surface area contributed by atoms with Crippen molar-refractivity contribution in [2.75, 3.05) is 19.1 Å². The highest BCUT2D eigenvalue weighted by Gasteiger charge is 2.21. The van der Waals surface area contributed by atoms with E-state index in [-0.39, 0.29) is 29.3 Å². The summed E-state index contributed by atoms with van der Waals surface area (Å²) >= 11 is 1.37. The van der Waals surface area contributed by atoms with Gasteiger partial charge in [0, 0.05) is 46.9 Å². The van der Waals surface area contributed by atoms with E-state index in [9.17, 15) is 14.0 Å². The first kappa shape index (κ1) is 26.9. The topological polar surface area (TPSA) is 95.3 Å². The number of halogens is 2. The van der Waals surface area contributed by atoms with Gasteiger partial charge in [-0.3, -0.25) is 14.6 Å². The van der Waals surface area contributed by atoms with E-state index in [1.165, 1.54) is 49.2 Å². The quantitative estimate of drug-likeness (QED) is 0.239. The van der Waals surface area contributed by atoms with Gasteiger partial charge >= 0.3 is 0 Å². The number of aromatic nitrogens is 3. The maximum absolute atomic E-state index is 15.1. The number of aryl methyl sites for hydroxylation is 2. The van der Waals surface area contributed by atoms with Gasteiger partial charge in [0.2, 0.25) is 5.43 Å². The van der Waals surface area contributed by atoms with Crippen molar-refractivity contribution in [2.24, 2.45) is 0 Å². The summed E-state index contributed by atoms with van der Waals surface area (Å²) in [5.41, 5.74) is 2.25. The molecule has 0 aliphatic carbocycles. The van der Waals surface area contributed by atoms with Crippen molar-refractivity contribution in [3.05, 3.63) is 93.2 Å². The molecule has 1 N–H and O–H groups in total. The van der Waals surface area contributed by atoms with Crippen molar-refractivity contribution in [2.45, 2.75) is 20.4 Å². The minimum absolute atomic E-state index is 0.0181. The molecule has 0 fully saturated rings. The van der Waals surface area contributed by atoms with Crippen LogP contribution in [0.3, 0.4) is 0 Å². The molecule has 4 aromatic heterocycles. The second-order valence-electron chi connectivity index (χ2n) is 8.96. The zero-order valence-electron chi connectivity index (χ0n) is 21.8. The summed E-state index contributed by atoms with van der Waals surface area (Å²) in [7, 11) is 1.51. The Bertz CT molecular complexity index is 1800. The summed E-state index contributed by atoms with van der Waals surface area (Å²) in [6.07, 6.45) is 4.35. The molecule has 4 heterocycles. The Balaban J connectivity index is 1.42. The monoisotopic (exact) mass is 562 g/mol. The van der Waals surface area contributed by atoms with E-state index in [1.54, 1.807) is 23.6 Å². The van der Waals surface area contributed by atoms with Crippen LogP contribution in [-0.2, 0) is 6.54 Å². The van der Waals surface area contributed by atoms with Gasteiger partial charge in [0.05, 0.1) is 30.9 Å². The van der Waals surface area contributed by atoms with Crippen LogP contribution in [0.4, 0.5) is 14.5 Å². The lowest BCUT2D eigenvalue weighted by Crippen LogP contribution is -2.26. The lowest BCUT2D eigenvalue weighted by molar-refractivity contribution is 0.102. The Kier molecular flexibility index (Phi) is 7.56. The average molecular weight is 563 g/mol. The second-order valence-corrected chi connectivity index (χ2v) is 9.87. The molecule has 0 aliphatic rings. The van der Waals surface area contributed by atoms with Gasteiger partial charge in [0.25, 0.3) is 5.91 Å². The molecule has 0 saturated heterocycles. The Morgan fingerprint density at radius 3 is 2.65 bits per heavy atom. The third kappa shape index (κ3) is 5.28. The minimum atomic E-state index is -0.746. The maximum Gasteiger partial charge on any atom is 0.261 e. The Labute approximate surface area is 231 Å². The molecule has 11 heteroatoms. The molecular weight excluding hydrogens is 538 g/mol. The third-order valence-corrected chi connectivity index (χ3v) is 7.32. The number of hydrogen-bond acceptors (Lipinski definition) is 7. The molecule has 0 saturated carbocycles. The normalized spacial score (nSPS) is 11.0. The van der Waals surface area contributed by atoms with E-state index in [0.717, 1.165) is 11.6 Å². The fourth-order valence-corrected chi connectivity index (χ4v) is 5.24. The molecule has 0 spiro atoms. The number of alkyl halides is 1. The van der Waals surface area contributed by atoms with Gasteiger partial charge in [-0.1, -0.05) is 0 Å². The predicted molar refractivity (Wildman–Crippen MR) is 150 cm³/mol. The minimum Gasteiger partial charge on any atom is -0.495 e. The van der Waals surface area contributed by atoms with E-state index < -0.39 is 23.8 Å². The van der Waals surface area contributed by atoms with Gasteiger partial charge in [-0.2, -0.15) is 0 Å². The van der Waals surface area contributed by atoms with E-state index in [0.29, 0.717) is 32.9 Å². The van der Waals surface area contributed by atoms with Crippen LogP contribution in [0.15, 0.2) is 65.2 Å². The number of ether oxygens (including phenoxy) is 2. The van der Waals surface area contributed by atoms with Crippen LogP contribution >= 0.6 is 11.3 Å². The molecule has 0 atom stereocenters. The number of pyridine rings is 3. The molecule has 8 nitrogen and oxygen atoms in total. The van der Waals surface area contributed by atoms with Crippen LogP contribution in [-0.4, -0.2) is 34.2 Å². The van der Waals surface area contributed by atoms with Gasteiger partial charge in [-0.25, -0.2) is 13.8 Å². The van der Waals surface area contributed by atoms with Crippen LogP contribution in [0, 0.1) is 19.7 Å². The number of nitrogens with zero attached hydrogens (tertiary/aromatic N) is 3. The summed E-state index contributed by atoms with van der Waals surface area (Å²) in [5.74, 6) is -0.777. The smallest absolute Gasteiger partial charge is 0.261 e. The number of anilines is 1. The molecule has 0 aliphatic heterocycles. The van der Waals surface area contributed by atoms with Crippen LogP contribution in [0.5, 0.6) is 17.2 Å².